The first-order valence-electron chi connectivity index (χ1n) is 6.07. The Morgan fingerprint density at radius 1 is 1.28 bits per heavy atom. The van der Waals surface area contributed by atoms with Crippen molar-refractivity contribution < 1.29 is 19.1 Å². The molecule has 2 atom stereocenters. The third kappa shape index (κ3) is 7.06. The fraction of sp³-hybridized carbons (Fsp3) is 0.692. The molecule has 0 aromatic heterocycles. The maximum absolute atomic E-state index is 11.5. The zero-order chi connectivity index (χ0) is 14.1. The van der Waals surface area contributed by atoms with E-state index in [-0.39, 0.29) is 25.2 Å². The molecule has 5 nitrogen and oxygen atoms in total. The molecule has 0 aromatic carbocycles. The molecule has 2 unspecified atom stereocenters. The van der Waals surface area contributed by atoms with Crippen LogP contribution in [0.15, 0.2) is 12.7 Å². The first-order chi connectivity index (χ1) is 8.38. The summed E-state index contributed by atoms with van der Waals surface area (Å²) in [6.45, 7) is 10.9. The molecule has 0 aliphatic heterocycles. The Labute approximate surface area is 109 Å². The normalized spacial score (nSPS) is 13.8. The molecule has 0 heterocycles. The van der Waals surface area contributed by atoms with Gasteiger partial charge in [-0.15, -0.1) is 6.58 Å². The average Bonchev–Trinajstić information content (AvgIpc) is 2.32. The van der Waals surface area contributed by atoms with E-state index in [2.05, 4.69) is 11.9 Å². The van der Waals surface area contributed by atoms with Gasteiger partial charge in [-0.2, -0.15) is 0 Å². The maximum Gasteiger partial charge on any atom is 0.335 e. The molecule has 0 saturated carbocycles. The summed E-state index contributed by atoms with van der Waals surface area (Å²) in [6.07, 6.45) is 0.846. The van der Waals surface area contributed by atoms with E-state index < -0.39 is 12.1 Å². The highest BCUT2D eigenvalue weighted by atomic mass is 16.6. The summed E-state index contributed by atoms with van der Waals surface area (Å²) in [5, 5.41) is 2.74. The smallest absolute Gasteiger partial charge is 0.335 e. The highest BCUT2D eigenvalue weighted by molar-refractivity contribution is 5.82. The van der Waals surface area contributed by atoms with Gasteiger partial charge in [0, 0.05) is 6.04 Å². The van der Waals surface area contributed by atoms with Crippen LogP contribution in [0.3, 0.4) is 0 Å². The number of hydrogen-bond donors (Lipinski definition) is 1. The minimum atomic E-state index is -0.696. The largest absolute Gasteiger partial charge is 0.454 e. The fourth-order valence-corrected chi connectivity index (χ4v) is 0.997. The van der Waals surface area contributed by atoms with Crippen molar-refractivity contribution in [3.05, 3.63) is 12.7 Å². The highest BCUT2D eigenvalue weighted by Gasteiger charge is 2.17. The standard InChI is InChI=1S/C13H23NO4/c1-6-7-17-11(5)13(16)18-8-12(15)14-10(4)9(2)3/h6,9-11H,1,7-8H2,2-5H3,(H,14,15). The summed E-state index contributed by atoms with van der Waals surface area (Å²) in [5.41, 5.74) is 0. The quantitative estimate of drug-likeness (QED) is 0.525. The van der Waals surface area contributed by atoms with Crippen LogP contribution in [0.1, 0.15) is 27.7 Å². The van der Waals surface area contributed by atoms with Gasteiger partial charge in [-0.25, -0.2) is 4.79 Å². The summed E-state index contributed by atoms with van der Waals surface area (Å²) in [5.74, 6) is -0.524. The molecule has 0 radical (unpaired) electrons. The lowest BCUT2D eigenvalue weighted by molar-refractivity contribution is -0.158. The fourth-order valence-electron chi connectivity index (χ4n) is 0.997. The third-order valence-corrected chi connectivity index (χ3v) is 2.53. The van der Waals surface area contributed by atoms with Gasteiger partial charge in [-0.05, 0) is 19.8 Å². The number of carbonyl (C=O) groups is 2. The van der Waals surface area contributed by atoms with Gasteiger partial charge in [0.25, 0.3) is 5.91 Å². The van der Waals surface area contributed by atoms with Gasteiger partial charge in [-0.3, -0.25) is 4.79 Å². The molecule has 104 valence electrons. The molecule has 1 amide bonds. The van der Waals surface area contributed by atoms with Crippen molar-refractivity contribution in [2.45, 2.75) is 39.8 Å². The number of nitrogens with one attached hydrogen (secondary N) is 1. The number of rotatable bonds is 8. The van der Waals surface area contributed by atoms with Gasteiger partial charge in [0.15, 0.2) is 12.7 Å². The number of amides is 1. The molecule has 0 bridgehead atoms. The maximum atomic E-state index is 11.5. The molecule has 0 aliphatic rings. The van der Waals surface area contributed by atoms with Gasteiger partial charge < -0.3 is 14.8 Å². The molecule has 0 aromatic rings. The Kier molecular flexibility index (Phi) is 8.03. The molecular weight excluding hydrogens is 234 g/mol. The molecular formula is C13H23NO4. The van der Waals surface area contributed by atoms with Crippen LogP contribution in [-0.4, -0.2) is 37.2 Å². The molecule has 0 aliphatic carbocycles. The van der Waals surface area contributed by atoms with Crippen molar-refractivity contribution in [2.24, 2.45) is 5.92 Å². The topological polar surface area (TPSA) is 64.6 Å². The predicted octanol–water partition coefficient (Wildman–Crippen LogP) is 1.28. The second-order valence-electron chi connectivity index (χ2n) is 4.47. The first-order valence-corrected chi connectivity index (χ1v) is 6.07. The third-order valence-electron chi connectivity index (χ3n) is 2.53. The van der Waals surface area contributed by atoms with Gasteiger partial charge in [-0.1, -0.05) is 19.9 Å². The molecule has 0 fully saturated rings. The van der Waals surface area contributed by atoms with Crippen molar-refractivity contribution >= 4 is 11.9 Å². The summed E-state index contributed by atoms with van der Waals surface area (Å²) in [6, 6.07) is 0.0469. The van der Waals surface area contributed by atoms with Crippen molar-refractivity contribution in [1.82, 2.24) is 5.32 Å². The summed E-state index contributed by atoms with van der Waals surface area (Å²) in [7, 11) is 0. The van der Waals surface area contributed by atoms with Crippen LogP contribution in [0.4, 0.5) is 0 Å². The highest BCUT2D eigenvalue weighted by Crippen LogP contribution is 2.00. The molecule has 5 heteroatoms. The lowest BCUT2D eigenvalue weighted by Crippen LogP contribution is -2.39. The van der Waals surface area contributed by atoms with Crippen molar-refractivity contribution in [3.63, 3.8) is 0 Å². The summed E-state index contributed by atoms with van der Waals surface area (Å²) < 4.78 is 9.91. The minimum absolute atomic E-state index is 0.0469. The molecule has 0 saturated heterocycles. The van der Waals surface area contributed by atoms with Gasteiger partial charge in [0.05, 0.1) is 6.61 Å². The van der Waals surface area contributed by atoms with Crippen LogP contribution in [0.25, 0.3) is 0 Å². The predicted molar refractivity (Wildman–Crippen MR) is 69.0 cm³/mol. The minimum Gasteiger partial charge on any atom is -0.454 e. The lowest BCUT2D eigenvalue weighted by Gasteiger charge is -2.17. The molecule has 1 N–H and O–H groups in total. The monoisotopic (exact) mass is 257 g/mol. The zero-order valence-electron chi connectivity index (χ0n) is 11.6. The first kappa shape index (κ1) is 16.6. The molecule has 0 rings (SSSR count). The van der Waals surface area contributed by atoms with Crippen LogP contribution in [-0.2, 0) is 19.1 Å². The summed E-state index contributed by atoms with van der Waals surface area (Å²) >= 11 is 0. The van der Waals surface area contributed by atoms with Crippen molar-refractivity contribution in [1.29, 1.82) is 0 Å². The van der Waals surface area contributed by atoms with E-state index in [4.69, 9.17) is 9.47 Å². The number of carbonyl (C=O) groups excluding carboxylic acids is 2. The van der Waals surface area contributed by atoms with Crippen LogP contribution in [0, 0.1) is 5.92 Å². The summed E-state index contributed by atoms with van der Waals surface area (Å²) in [4.78, 5) is 22.9. The van der Waals surface area contributed by atoms with Crippen LogP contribution >= 0.6 is 0 Å². The number of esters is 1. The van der Waals surface area contributed by atoms with Gasteiger partial charge in [0.1, 0.15) is 0 Å². The van der Waals surface area contributed by atoms with E-state index in [9.17, 15) is 9.59 Å². The molecule has 0 spiro atoms. The van der Waals surface area contributed by atoms with Crippen LogP contribution in [0.5, 0.6) is 0 Å². The van der Waals surface area contributed by atoms with E-state index in [0.29, 0.717) is 5.92 Å². The van der Waals surface area contributed by atoms with Crippen LogP contribution < -0.4 is 5.32 Å². The van der Waals surface area contributed by atoms with E-state index in [1.807, 2.05) is 20.8 Å². The Morgan fingerprint density at radius 2 is 1.89 bits per heavy atom. The Hall–Kier alpha value is -1.36. The SMILES string of the molecule is C=CCOC(C)C(=O)OCC(=O)NC(C)C(C)C. The lowest BCUT2D eigenvalue weighted by atomic mass is 10.1. The van der Waals surface area contributed by atoms with E-state index in [0.717, 1.165) is 0 Å². The van der Waals surface area contributed by atoms with Crippen molar-refractivity contribution in [3.8, 4) is 0 Å². The average molecular weight is 257 g/mol. The second kappa shape index (κ2) is 8.69. The Balaban J connectivity index is 3.91. The van der Waals surface area contributed by atoms with E-state index >= 15 is 0 Å². The zero-order valence-corrected chi connectivity index (χ0v) is 11.6. The second-order valence-corrected chi connectivity index (χ2v) is 4.47. The Bertz CT molecular complexity index is 289. The van der Waals surface area contributed by atoms with Gasteiger partial charge >= 0.3 is 5.97 Å². The number of ether oxygens (including phenoxy) is 2. The number of hydrogen-bond acceptors (Lipinski definition) is 4. The Morgan fingerprint density at radius 3 is 2.39 bits per heavy atom. The van der Waals surface area contributed by atoms with Crippen molar-refractivity contribution in [2.75, 3.05) is 13.2 Å². The van der Waals surface area contributed by atoms with Crippen LogP contribution in [0.2, 0.25) is 0 Å². The van der Waals surface area contributed by atoms with E-state index in [1.165, 1.54) is 0 Å². The molecule has 18 heavy (non-hydrogen) atoms. The van der Waals surface area contributed by atoms with Gasteiger partial charge in [0.2, 0.25) is 0 Å². The van der Waals surface area contributed by atoms with E-state index in [1.54, 1.807) is 13.0 Å².